The summed E-state index contributed by atoms with van der Waals surface area (Å²) in [5, 5.41) is 12.9. The molecule has 0 atom stereocenters. The first kappa shape index (κ1) is 12.2. The third kappa shape index (κ3) is 2.20. The summed E-state index contributed by atoms with van der Waals surface area (Å²) < 4.78 is 1.61. The number of halogens is 1. The van der Waals surface area contributed by atoms with Gasteiger partial charge in [-0.1, -0.05) is 0 Å². The molecule has 2 aromatic heterocycles. The maximum Gasteiger partial charge on any atom is 0.337 e. The molecule has 0 spiro atoms. The monoisotopic (exact) mass is 239 g/mol. The zero-order valence-electron chi connectivity index (χ0n) is 8.49. The van der Waals surface area contributed by atoms with Crippen LogP contribution in [0.2, 0.25) is 0 Å². The fraction of sp³-hybridized carbons (Fsp3) is 0.100. The van der Waals surface area contributed by atoms with E-state index in [1.165, 1.54) is 6.07 Å². The maximum atomic E-state index is 10.9. The van der Waals surface area contributed by atoms with Gasteiger partial charge in [-0.15, -0.1) is 12.4 Å². The lowest BCUT2D eigenvalue weighted by Crippen LogP contribution is -2.00. The van der Waals surface area contributed by atoms with Crippen LogP contribution in [-0.4, -0.2) is 25.8 Å². The van der Waals surface area contributed by atoms with Crippen LogP contribution in [0.4, 0.5) is 0 Å². The average molecular weight is 240 g/mol. The number of aromatic nitrogens is 3. The van der Waals surface area contributed by atoms with Crippen LogP contribution in [0.1, 0.15) is 10.4 Å². The van der Waals surface area contributed by atoms with E-state index < -0.39 is 5.97 Å². The van der Waals surface area contributed by atoms with Crippen LogP contribution in [0.15, 0.2) is 30.7 Å². The van der Waals surface area contributed by atoms with Crippen LogP contribution in [0.25, 0.3) is 11.3 Å². The molecule has 2 rings (SSSR count). The molecule has 0 aliphatic carbocycles. The topological polar surface area (TPSA) is 68.0 Å². The Labute approximate surface area is 98.2 Å². The summed E-state index contributed by atoms with van der Waals surface area (Å²) in [6.07, 6.45) is 4.89. The van der Waals surface area contributed by atoms with Gasteiger partial charge in [0, 0.05) is 25.0 Å². The number of aryl methyl sites for hydroxylation is 1. The Morgan fingerprint density at radius 2 is 2.25 bits per heavy atom. The minimum atomic E-state index is -0.984. The van der Waals surface area contributed by atoms with E-state index in [0.717, 1.165) is 0 Å². The Kier molecular flexibility index (Phi) is 3.63. The van der Waals surface area contributed by atoms with Crippen molar-refractivity contribution in [2.24, 2.45) is 7.05 Å². The summed E-state index contributed by atoms with van der Waals surface area (Å²) in [5.74, 6) is -0.984. The lowest BCUT2D eigenvalue weighted by atomic mass is 10.1. The van der Waals surface area contributed by atoms with Gasteiger partial charge < -0.3 is 5.11 Å². The Morgan fingerprint density at radius 3 is 2.81 bits per heavy atom. The summed E-state index contributed by atoms with van der Waals surface area (Å²) in [6.45, 7) is 0. The molecule has 0 fully saturated rings. The number of rotatable bonds is 2. The second-order valence-electron chi connectivity index (χ2n) is 3.11. The number of carbonyl (C=O) groups is 1. The number of hydrogen-bond donors (Lipinski definition) is 1. The molecule has 0 bridgehead atoms. The van der Waals surface area contributed by atoms with E-state index in [9.17, 15) is 4.79 Å². The largest absolute Gasteiger partial charge is 0.478 e. The first-order valence-electron chi connectivity index (χ1n) is 4.36. The number of carboxylic acids is 1. The zero-order valence-corrected chi connectivity index (χ0v) is 9.31. The van der Waals surface area contributed by atoms with Gasteiger partial charge in [0.05, 0.1) is 17.5 Å². The molecular weight excluding hydrogens is 230 g/mol. The van der Waals surface area contributed by atoms with Gasteiger partial charge >= 0.3 is 5.97 Å². The SMILES string of the molecule is Cl.Cn1cc(-c2ncccc2C(=O)O)cn1. The van der Waals surface area contributed by atoms with Gasteiger partial charge in [0.25, 0.3) is 0 Å². The van der Waals surface area contributed by atoms with E-state index in [4.69, 9.17) is 5.11 Å². The van der Waals surface area contributed by atoms with Crippen molar-refractivity contribution in [2.75, 3.05) is 0 Å². The molecular formula is C10H10ClN3O2. The molecule has 1 N–H and O–H groups in total. The van der Waals surface area contributed by atoms with Gasteiger partial charge in [0.15, 0.2) is 0 Å². The summed E-state index contributed by atoms with van der Waals surface area (Å²) in [5.41, 5.74) is 1.33. The lowest BCUT2D eigenvalue weighted by Gasteiger charge is -2.00. The van der Waals surface area contributed by atoms with Gasteiger partial charge in [-0.05, 0) is 12.1 Å². The van der Waals surface area contributed by atoms with Crippen LogP contribution < -0.4 is 0 Å². The van der Waals surface area contributed by atoms with Crippen LogP contribution in [0, 0.1) is 0 Å². The van der Waals surface area contributed by atoms with Crippen LogP contribution in [0.5, 0.6) is 0 Å². The quantitative estimate of drug-likeness (QED) is 0.864. The van der Waals surface area contributed by atoms with Crippen molar-refractivity contribution in [3.8, 4) is 11.3 Å². The van der Waals surface area contributed by atoms with Crippen LogP contribution >= 0.6 is 12.4 Å². The molecule has 0 unspecified atom stereocenters. The highest BCUT2D eigenvalue weighted by Gasteiger charge is 2.13. The maximum absolute atomic E-state index is 10.9. The average Bonchev–Trinajstić information content (AvgIpc) is 2.65. The van der Waals surface area contributed by atoms with Crippen LogP contribution in [0.3, 0.4) is 0 Å². The number of aromatic carboxylic acids is 1. The highest BCUT2D eigenvalue weighted by molar-refractivity contribution is 5.94. The first-order chi connectivity index (χ1) is 7.18. The second kappa shape index (κ2) is 4.76. The molecule has 5 nitrogen and oxygen atoms in total. The minimum Gasteiger partial charge on any atom is -0.478 e. The molecule has 84 valence electrons. The van der Waals surface area contributed by atoms with Crippen molar-refractivity contribution >= 4 is 18.4 Å². The second-order valence-corrected chi connectivity index (χ2v) is 3.11. The van der Waals surface area contributed by atoms with Gasteiger partial charge in [-0.3, -0.25) is 9.67 Å². The van der Waals surface area contributed by atoms with E-state index >= 15 is 0 Å². The van der Waals surface area contributed by atoms with Gasteiger partial charge in [0.1, 0.15) is 0 Å². The Morgan fingerprint density at radius 1 is 1.50 bits per heavy atom. The molecule has 0 aliphatic heterocycles. The van der Waals surface area contributed by atoms with E-state index in [2.05, 4.69) is 10.1 Å². The molecule has 16 heavy (non-hydrogen) atoms. The van der Waals surface area contributed by atoms with E-state index in [1.54, 1.807) is 36.4 Å². The molecule has 0 radical (unpaired) electrons. The summed E-state index contributed by atoms with van der Waals surface area (Å²) in [7, 11) is 1.77. The number of hydrogen-bond acceptors (Lipinski definition) is 3. The molecule has 0 aromatic carbocycles. The van der Waals surface area contributed by atoms with Gasteiger partial charge in [-0.25, -0.2) is 4.79 Å². The highest BCUT2D eigenvalue weighted by atomic mass is 35.5. The van der Waals surface area contributed by atoms with E-state index in [-0.39, 0.29) is 18.0 Å². The van der Waals surface area contributed by atoms with E-state index in [0.29, 0.717) is 11.3 Å². The van der Waals surface area contributed by atoms with Gasteiger partial charge in [0.2, 0.25) is 0 Å². The number of pyridine rings is 1. The summed E-state index contributed by atoms with van der Waals surface area (Å²) >= 11 is 0. The predicted molar refractivity (Wildman–Crippen MR) is 60.6 cm³/mol. The molecule has 6 heteroatoms. The fourth-order valence-corrected chi connectivity index (χ4v) is 1.35. The standard InChI is InChI=1S/C10H9N3O2.ClH/c1-13-6-7(5-12-13)9-8(10(14)15)3-2-4-11-9;/h2-6H,1H3,(H,14,15);1H. The zero-order chi connectivity index (χ0) is 10.8. The fourth-order valence-electron chi connectivity index (χ4n) is 1.35. The van der Waals surface area contributed by atoms with Crippen molar-refractivity contribution in [1.29, 1.82) is 0 Å². The number of nitrogens with zero attached hydrogens (tertiary/aromatic N) is 3. The van der Waals surface area contributed by atoms with Crippen molar-refractivity contribution < 1.29 is 9.90 Å². The first-order valence-corrected chi connectivity index (χ1v) is 4.36. The van der Waals surface area contributed by atoms with Gasteiger partial charge in [-0.2, -0.15) is 5.10 Å². The molecule has 0 amide bonds. The molecule has 0 saturated heterocycles. The number of carboxylic acid groups (broad SMARTS) is 1. The van der Waals surface area contributed by atoms with E-state index in [1.807, 2.05) is 0 Å². The van der Waals surface area contributed by atoms with Crippen molar-refractivity contribution in [3.05, 3.63) is 36.3 Å². The van der Waals surface area contributed by atoms with Crippen molar-refractivity contribution in [1.82, 2.24) is 14.8 Å². The molecule has 0 saturated carbocycles. The van der Waals surface area contributed by atoms with Crippen molar-refractivity contribution in [3.63, 3.8) is 0 Å². The molecule has 0 aliphatic rings. The normalized spacial score (nSPS) is 9.56. The Bertz CT molecular complexity index is 510. The third-order valence-corrected chi connectivity index (χ3v) is 2.02. The molecule has 2 aromatic rings. The minimum absolute atomic E-state index is 0. The predicted octanol–water partition coefficient (Wildman–Crippen LogP) is 1.60. The summed E-state index contributed by atoms with van der Waals surface area (Å²) in [4.78, 5) is 15.0. The highest BCUT2D eigenvalue weighted by Crippen LogP contribution is 2.19. The smallest absolute Gasteiger partial charge is 0.337 e. The molecule has 2 heterocycles. The Balaban J connectivity index is 0.00000128. The lowest BCUT2D eigenvalue weighted by molar-refractivity contribution is 0.0697. The Hall–Kier alpha value is -1.88. The third-order valence-electron chi connectivity index (χ3n) is 2.02. The van der Waals surface area contributed by atoms with Crippen molar-refractivity contribution in [2.45, 2.75) is 0 Å². The van der Waals surface area contributed by atoms with Crippen LogP contribution in [-0.2, 0) is 7.05 Å². The summed E-state index contributed by atoms with van der Waals surface area (Å²) in [6, 6.07) is 3.13.